The molecule has 3 saturated heterocycles. The van der Waals surface area contributed by atoms with Crippen molar-refractivity contribution in [3.8, 4) is 0 Å². The van der Waals surface area contributed by atoms with Crippen LogP contribution in [0.2, 0.25) is 0 Å². The summed E-state index contributed by atoms with van der Waals surface area (Å²) in [6.45, 7) is 19.2. The first-order valence-corrected chi connectivity index (χ1v) is 11.8. The summed E-state index contributed by atoms with van der Waals surface area (Å²) in [5, 5.41) is 2.72. The minimum absolute atomic E-state index is 0.00923. The molecule has 31 heavy (non-hydrogen) atoms. The maximum absolute atomic E-state index is 13.1. The van der Waals surface area contributed by atoms with Crippen LogP contribution in [0.3, 0.4) is 0 Å². The summed E-state index contributed by atoms with van der Waals surface area (Å²) in [6, 6.07) is -0.223. The highest BCUT2D eigenvalue weighted by Gasteiger charge is 2.49. The van der Waals surface area contributed by atoms with E-state index < -0.39 is 0 Å². The summed E-state index contributed by atoms with van der Waals surface area (Å²) in [4.78, 5) is 34.9. The number of carbonyl (C=O) groups is 2. The number of imide groups is 1. The van der Waals surface area contributed by atoms with Crippen LogP contribution in [0.4, 0.5) is 9.59 Å². The second kappa shape index (κ2) is 7.62. The zero-order chi connectivity index (χ0) is 23.6. The molecule has 1 N–H and O–H groups in total. The summed E-state index contributed by atoms with van der Waals surface area (Å²) >= 11 is 0. The molecule has 0 unspecified atom stereocenters. The van der Waals surface area contributed by atoms with Crippen LogP contribution in [0, 0.1) is 0 Å². The second-order valence-electron chi connectivity index (χ2n) is 12.6. The van der Waals surface area contributed by atoms with Crippen LogP contribution in [0.25, 0.3) is 0 Å². The summed E-state index contributed by atoms with van der Waals surface area (Å²) in [6.07, 6.45) is 3.62. The number of carbonyl (C=O) groups excluding carboxylic acids is 2. The van der Waals surface area contributed by atoms with Crippen LogP contribution in [-0.2, 0) is 0 Å². The number of piperidine rings is 2. The molecule has 4 amide bonds. The summed E-state index contributed by atoms with van der Waals surface area (Å²) in [7, 11) is 4.35. The van der Waals surface area contributed by atoms with E-state index in [1.54, 1.807) is 0 Å². The second-order valence-corrected chi connectivity index (χ2v) is 12.6. The molecule has 3 aliphatic heterocycles. The highest BCUT2D eigenvalue weighted by atomic mass is 16.2. The van der Waals surface area contributed by atoms with Gasteiger partial charge in [0.05, 0.1) is 0 Å². The molecule has 0 aromatic carbocycles. The van der Waals surface area contributed by atoms with Crippen molar-refractivity contribution in [1.82, 2.24) is 24.9 Å². The van der Waals surface area contributed by atoms with Gasteiger partial charge in [-0.15, -0.1) is 0 Å². The lowest BCUT2D eigenvalue weighted by molar-refractivity contribution is -0.0444. The Kier molecular flexibility index (Phi) is 5.97. The summed E-state index contributed by atoms with van der Waals surface area (Å²) < 4.78 is 0. The third kappa shape index (κ3) is 4.45. The lowest BCUT2D eigenvalue weighted by atomic mass is 9.76. The standard InChI is InChI=1S/C24H45N5O2/c1-21(2)13-17(14-22(3,4)26(21)9)28-11-12-29(20(31)25-19(28)30)18-15-23(5,6)27(10)24(7,8)16-18/h17-18H,11-16H2,1-10H3,(H,25,30,31). The van der Waals surface area contributed by atoms with Crippen molar-refractivity contribution in [2.75, 3.05) is 27.2 Å². The molecule has 0 radical (unpaired) electrons. The van der Waals surface area contributed by atoms with Crippen molar-refractivity contribution in [3.63, 3.8) is 0 Å². The fraction of sp³-hybridized carbons (Fsp3) is 0.917. The molecule has 0 atom stereocenters. The van der Waals surface area contributed by atoms with Crippen LogP contribution in [0.15, 0.2) is 0 Å². The molecule has 0 aliphatic carbocycles. The molecule has 178 valence electrons. The Morgan fingerprint density at radius 3 is 1.13 bits per heavy atom. The quantitative estimate of drug-likeness (QED) is 0.718. The van der Waals surface area contributed by atoms with E-state index in [9.17, 15) is 9.59 Å². The predicted molar refractivity (Wildman–Crippen MR) is 125 cm³/mol. The van der Waals surface area contributed by atoms with Crippen molar-refractivity contribution in [1.29, 1.82) is 0 Å². The number of amides is 4. The molecule has 0 aromatic heterocycles. The van der Waals surface area contributed by atoms with E-state index in [-0.39, 0.29) is 46.3 Å². The van der Waals surface area contributed by atoms with Gasteiger partial charge in [0.2, 0.25) is 0 Å². The topological polar surface area (TPSA) is 59.1 Å². The minimum atomic E-state index is -0.236. The normalized spacial score (nSPS) is 30.3. The summed E-state index contributed by atoms with van der Waals surface area (Å²) in [5.41, 5.74) is -0.0369. The zero-order valence-corrected chi connectivity index (χ0v) is 21.5. The molecule has 3 aliphatic rings. The number of nitrogens with one attached hydrogen (secondary N) is 1. The maximum atomic E-state index is 13.1. The molecule has 0 bridgehead atoms. The van der Waals surface area contributed by atoms with Crippen LogP contribution < -0.4 is 5.32 Å². The van der Waals surface area contributed by atoms with E-state index in [0.717, 1.165) is 25.7 Å². The molecule has 3 fully saturated rings. The predicted octanol–water partition coefficient (Wildman–Crippen LogP) is 3.74. The third-order valence-electron chi connectivity index (χ3n) is 8.77. The Bertz CT molecular complexity index is 633. The SMILES string of the molecule is CN1C(C)(C)CC(N2CCN(C3CC(C)(C)N(C)C(C)(C)C3)C(=O)NC2=O)CC1(C)C. The lowest BCUT2D eigenvalue weighted by Gasteiger charge is -2.55. The Hall–Kier alpha value is -1.34. The zero-order valence-electron chi connectivity index (χ0n) is 21.5. The van der Waals surface area contributed by atoms with Crippen molar-refractivity contribution in [2.45, 2.75) is 115 Å². The molecular formula is C24H45N5O2. The van der Waals surface area contributed by atoms with Gasteiger partial charge in [0.25, 0.3) is 0 Å². The van der Waals surface area contributed by atoms with Gasteiger partial charge in [-0.05, 0) is 95.2 Å². The van der Waals surface area contributed by atoms with E-state index in [1.165, 1.54) is 0 Å². The van der Waals surface area contributed by atoms with E-state index in [2.05, 4.69) is 84.6 Å². The van der Waals surface area contributed by atoms with Crippen molar-refractivity contribution >= 4 is 12.1 Å². The van der Waals surface area contributed by atoms with Crippen LogP contribution in [0.1, 0.15) is 81.1 Å². The number of likely N-dealkylation sites (tertiary alicyclic amines) is 2. The van der Waals surface area contributed by atoms with Crippen LogP contribution in [-0.4, -0.2) is 93.1 Å². The smallest absolute Gasteiger partial charge is 0.320 e. The van der Waals surface area contributed by atoms with Crippen LogP contribution in [0.5, 0.6) is 0 Å². The fourth-order valence-corrected chi connectivity index (χ4v) is 6.43. The van der Waals surface area contributed by atoms with Crippen molar-refractivity contribution in [2.24, 2.45) is 0 Å². The third-order valence-corrected chi connectivity index (χ3v) is 8.77. The molecular weight excluding hydrogens is 390 g/mol. The Balaban J connectivity index is 1.80. The van der Waals surface area contributed by atoms with E-state index in [1.807, 2.05) is 9.80 Å². The lowest BCUT2D eigenvalue weighted by Crippen LogP contribution is -2.63. The molecule has 0 spiro atoms. The molecule has 3 rings (SSSR count). The van der Waals surface area contributed by atoms with Gasteiger partial charge < -0.3 is 9.80 Å². The Morgan fingerprint density at radius 2 is 0.871 bits per heavy atom. The van der Waals surface area contributed by atoms with Gasteiger partial charge in [0.15, 0.2) is 0 Å². The average molecular weight is 436 g/mol. The van der Waals surface area contributed by atoms with Gasteiger partial charge >= 0.3 is 12.1 Å². The number of urea groups is 2. The van der Waals surface area contributed by atoms with Gasteiger partial charge in [-0.1, -0.05) is 0 Å². The monoisotopic (exact) mass is 435 g/mol. The van der Waals surface area contributed by atoms with E-state index in [4.69, 9.17) is 0 Å². The highest BCUT2D eigenvalue weighted by molar-refractivity contribution is 5.94. The number of nitrogens with zero attached hydrogens (tertiary/aromatic N) is 4. The van der Waals surface area contributed by atoms with Gasteiger partial charge in [-0.25, -0.2) is 9.59 Å². The molecule has 0 aromatic rings. The first kappa shape index (κ1) is 24.3. The van der Waals surface area contributed by atoms with Gasteiger partial charge in [-0.2, -0.15) is 0 Å². The van der Waals surface area contributed by atoms with Gasteiger partial charge in [0, 0.05) is 47.3 Å². The average Bonchev–Trinajstić information content (AvgIpc) is 2.74. The fourth-order valence-electron chi connectivity index (χ4n) is 6.43. The molecule has 3 heterocycles. The van der Waals surface area contributed by atoms with E-state index >= 15 is 0 Å². The van der Waals surface area contributed by atoms with Crippen molar-refractivity contribution in [3.05, 3.63) is 0 Å². The molecule has 7 nitrogen and oxygen atoms in total. The molecule has 0 saturated carbocycles. The number of hydrogen-bond acceptors (Lipinski definition) is 4. The minimum Gasteiger partial charge on any atom is -0.320 e. The first-order chi connectivity index (χ1) is 14.0. The summed E-state index contributed by atoms with van der Waals surface area (Å²) in [5.74, 6) is 0. The number of rotatable bonds is 2. The van der Waals surface area contributed by atoms with E-state index in [0.29, 0.717) is 13.1 Å². The number of hydrogen-bond donors (Lipinski definition) is 1. The van der Waals surface area contributed by atoms with Crippen molar-refractivity contribution < 1.29 is 9.59 Å². The molecule has 7 heteroatoms. The largest absolute Gasteiger partial charge is 0.325 e. The Labute approximate surface area is 189 Å². The first-order valence-electron chi connectivity index (χ1n) is 11.8. The maximum Gasteiger partial charge on any atom is 0.325 e. The van der Waals surface area contributed by atoms with Gasteiger partial charge in [0.1, 0.15) is 0 Å². The van der Waals surface area contributed by atoms with Crippen LogP contribution >= 0.6 is 0 Å². The highest BCUT2D eigenvalue weighted by Crippen LogP contribution is 2.41. The Morgan fingerprint density at radius 1 is 0.613 bits per heavy atom. The van der Waals surface area contributed by atoms with Gasteiger partial charge in [-0.3, -0.25) is 15.1 Å².